The zero-order valence-electron chi connectivity index (χ0n) is 9.66. The summed E-state index contributed by atoms with van der Waals surface area (Å²) >= 11 is 11.2. The molecule has 0 fully saturated rings. The van der Waals surface area contributed by atoms with Gasteiger partial charge >= 0.3 is 24.0 Å². The fourth-order valence-corrected chi connectivity index (χ4v) is 1.33. The average Bonchev–Trinajstić information content (AvgIpc) is 2.37. The Morgan fingerprint density at radius 1 is 0.632 bits per heavy atom. The molecule has 0 aliphatic carbocycles. The standard InChI is InChI=1S/C8H6Cl2N6O3/c1-17-5-14-6(18-2)16-8(15-5)19-7-12-3(9)11-4(10)13-7/h1-2H3. The van der Waals surface area contributed by atoms with E-state index in [4.69, 9.17) is 37.4 Å². The smallest absolute Gasteiger partial charge is 0.333 e. The zero-order chi connectivity index (χ0) is 13.8. The number of hydrogen-bond donors (Lipinski definition) is 0. The van der Waals surface area contributed by atoms with Crippen molar-refractivity contribution in [3.8, 4) is 24.0 Å². The van der Waals surface area contributed by atoms with Gasteiger partial charge in [0.1, 0.15) is 0 Å². The van der Waals surface area contributed by atoms with Crippen LogP contribution in [0.1, 0.15) is 0 Å². The third-order valence-corrected chi connectivity index (χ3v) is 2.02. The van der Waals surface area contributed by atoms with E-state index in [9.17, 15) is 0 Å². The largest absolute Gasteiger partial charge is 0.467 e. The first-order valence-electron chi connectivity index (χ1n) is 4.69. The highest BCUT2D eigenvalue weighted by atomic mass is 35.5. The first-order chi connectivity index (χ1) is 9.10. The predicted molar refractivity (Wildman–Crippen MR) is 62.9 cm³/mol. The Labute approximate surface area is 116 Å². The average molecular weight is 305 g/mol. The van der Waals surface area contributed by atoms with Crippen molar-refractivity contribution in [1.29, 1.82) is 0 Å². The summed E-state index contributed by atoms with van der Waals surface area (Å²) in [5.41, 5.74) is 0. The molecule has 11 heteroatoms. The molecule has 0 N–H and O–H groups in total. The summed E-state index contributed by atoms with van der Waals surface area (Å²) in [6, 6.07) is -0.288. The van der Waals surface area contributed by atoms with Crippen molar-refractivity contribution in [1.82, 2.24) is 29.9 Å². The molecular weight excluding hydrogens is 299 g/mol. The fraction of sp³-hybridized carbons (Fsp3) is 0.250. The van der Waals surface area contributed by atoms with Crippen LogP contribution in [0.2, 0.25) is 10.6 Å². The van der Waals surface area contributed by atoms with Crippen LogP contribution in [0.5, 0.6) is 24.0 Å². The predicted octanol–water partition coefficient (Wildman–Crippen LogP) is 1.17. The van der Waals surface area contributed by atoms with Crippen LogP contribution < -0.4 is 14.2 Å². The molecule has 9 nitrogen and oxygen atoms in total. The molecule has 2 heterocycles. The van der Waals surface area contributed by atoms with E-state index in [-0.39, 0.29) is 34.6 Å². The van der Waals surface area contributed by atoms with E-state index in [1.807, 2.05) is 0 Å². The number of nitrogens with zero attached hydrogens (tertiary/aromatic N) is 6. The summed E-state index contributed by atoms with van der Waals surface area (Å²) in [6.45, 7) is 0. The Hall–Kier alpha value is -2.00. The normalized spacial score (nSPS) is 10.1. The third-order valence-electron chi connectivity index (χ3n) is 1.68. The highest BCUT2D eigenvalue weighted by Crippen LogP contribution is 2.19. The van der Waals surface area contributed by atoms with Gasteiger partial charge in [-0.05, 0) is 23.2 Å². The number of rotatable bonds is 4. The Bertz CT molecular complexity index is 556. The molecule has 2 rings (SSSR count). The number of halogens is 2. The molecule has 0 atom stereocenters. The van der Waals surface area contributed by atoms with Crippen LogP contribution in [0, 0.1) is 0 Å². The fourth-order valence-electron chi connectivity index (χ4n) is 0.985. The highest BCUT2D eigenvalue weighted by Gasteiger charge is 2.12. The topological polar surface area (TPSA) is 105 Å². The minimum atomic E-state index is -0.166. The van der Waals surface area contributed by atoms with Crippen molar-refractivity contribution in [2.24, 2.45) is 0 Å². The molecule has 0 unspecified atom stereocenters. The van der Waals surface area contributed by atoms with E-state index in [2.05, 4.69) is 29.9 Å². The maximum absolute atomic E-state index is 5.60. The van der Waals surface area contributed by atoms with E-state index < -0.39 is 0 Å². The van der Waals surface area contributed by atoms with Crippen LogP contribution >= 0.6 is 23.2 Å². The van der Waals surface area contributed by atoms with E-state index in [1.54, 1.807) is 0 Å². The van der Waals surface area contributed by atoms with Gasteiger partial charge < -0.3 is 14.2 Å². The molecule has 0 aliphatic rings. The van der Waals surface area contributed by atoms with Gasteiger partial charge in [0.2, 0.25) is 10.6 Å². The van der Waals surface area contributed by atoms with Gasteiger partial charge in [-0.3, -0.25) is 0 Å². The van der Waals surface area contributed by atoms with Gasteiger partial charge in [-0.25, -0.2) is 0 Å². The van der Waals surface area contributed by atoms with Gasteiger partial charge in [-0.1, -0.05) is 0 Å². The lowest BCUT2D eigenvalue weighted by Gasteiger charge is -2.05. The molecule has 0 saturated heterocycles. The van der Waals surface area contributed by atoms with Gasteiger partial charge in [0.05, 0.1) is 14.2 Å². The molecule has 0 saturated carbocycles. The quantitative estimate of drug-likeness (QED) is 0.822. The molecular formula is C8H6Cl2N6O3. The Morgan fingerprint density at radius 2 is 1.05 bits per heavy atom. The second-order valence-corrected chi connectivity index (χ2v) is 3.53. The van der Waals surface area contributed by atoms with Crippen LogP contribution in [0.3, 0.4) is 0 Å². The van der Waals surface area contributed by atoms with Crippen molar-refractivity contribution < 1.29 is 14.2 Å². The Morgan fingerprint density at radius 3 is 1.53 bits per heavy atom. The van der Waals surface area contributed by atoms with Gasteiger partial charge in [0, 0.05) is 0 Å². The number of aromatic nitrogens is 6. The summed E-state index contributed by atoms with van der Waals surface area (Å²) in [7, 11) is 2.77. The van der Waals surface area contributed by atoms with Crippen molar-refractivity contribution in [3.63, 3.8) is 0 Å². The van der Waals surface area contributed by atoms with Crippen molar-refractivity contribution >= 4 is 23.2 Å². The highest BCUT2D eigenvalue weighted by molar-refractivity contribution is 6.31. The Balaban J connectivity index is 2.31. The van der Waals surface area contributed by atoms with E-state index in [0.29, 0.717) is 0 Å². The molecule has 0 spiro atoms. The summed E-state index contributed by atoms with van der Waals surface area (Å²) in [5.74, 6) is 0. The summed E-state index contributed by atoms with van der Waals surface area (Å²) in [4.78, 5) is 22.4. The summed E-state index contributed by atoms with van der Waals surface area (Å²) in [5, 5.41) is -0.244. The van der Waals surface area contributed by atoms with Crippen molar-refractivity contribution in [3.05, 3.63) is 10.6 Å². The Kier molecular flexibility index (Phi) is 4.07. The van der Waals surface area contributed by atoms with E-state index in [0.717, 1.165) is 0 Å². The molecule has 100 valence electrons. The minimum Gasteiger partial charge on any atom is -0.467 e. The summed E-state index contributed by atoms with van der Waals surface area (Å²) in [6.07, 6.45) is 0. The first kappa shape index (κ1) is 13.4. The van der Waals surface area contributed by atoms with E-state index in [1.165, 1.54) is 14.2 Å². The van der Waals surface area contributed by atoms with E-state index >= 15 is 0 Å². The third kappa shape index (κ3) is 3.48. The number of ether oxygens (including phenoxy) is 3. The molecule has 0 amide bonds. The molecule has 0 aliphatic heterocycles. The maximum atomic E-state index is 5.60. The van der Waals surface area contributed by atoms with Gasteiger partial charge in [0.25, 0.3) is 0 Å². The minimum absolute atomic E-state index is 0.00750. The van der Waals surface area contributed by atoms with Gasteiger partial charge in [-0.2, -0.15) is 15.0 Å². The summed E-state index contributed by atoms with van der Waals surface area (Å²) < 4.78 is 14.9. The molecule has 0 radical (unpaired) electrons. The zero-order valence-corrected chi connectivity index (χ0v) is 11.2. The lowest BCUT2D eigenvalue weighted by Crippen LogP contribution is -2.03. The van der Waals surface area contributed by atoms with Gasteiger partial charge in [0.15, 0.2) is 0 Å². The lowest BCUT2D eigenvalue weighted by atomic mass is 10.9. The monoisotopic (exact) mass is 304 g/mol. The number of methoxy groups -OCH3 is 2. The molecule has 19 heavy (non-hydrogen) atoms. The van der Waals surface area contributed by atoms with Crippen LogP contribution in [0.25, 0.3) is 0 Å². The van der Waals surface area contributed by atoms with Crippen LogP contribution in [0.15, 0.2) is 0 Å². The second kappa shape index (κ2) is 5.76. The lowest BCUT2D eigenvalue weighted by molar-refractivity contribution is 0.315. The van der Waals surface area contributed by atoms with Crippen LogP contribution in [-0.2, 0) is 0 Å². The van der Waals surface area contributed by atoms with Crippen molar-refractivity contribution in [2.75, 3.05) is 14.2 Å². The molecule has 0 bridgehead atoms. The molecule has 0 aromatic carbocycles. The SMILES string of the molecule is COc1nc(OC)nc(Oc2nc(Cl)nc(Cl)n2)n1. The molecule has 2 aromatic heterocycles. The first-order valence-corrected chi connectivity index (χ1v) is 5.45. The second-order valence-electron chi connectivity index (χ2n) is 2.85. The van der Waals surface area contributed by atoms with Crippen molar-refractivity contribution in [2.45, 2.75) is 0 Å². The molecule has 2 aromatic rings. The number of hydrogen-bond acceptors (Lipinski definition) is 9. The van der Waals surface area contributed by atoms with Gasteiger partial charge in [-0.15, -0.1) is 15.0 Å². The van der Waals surface area contributed by atoms with Crippen LogP contribution in [0.4, 0.5) is 0 Å². The maximum Gasteiger partial charge on any atom is 0.333 e. The van der Waals surface area contributed by atoms with Crippen LogP contribution in [-0.4, -0.2) is 44.1 Å².